The maximum absolute atomic E-state index is 13.0. The second-order valence-electron chi connectivity index (χ2n) is 7.82. The molecule has 0 radical (unpaired) electrons. The first-order valence-electron chi connectivity index (χ1n) is 10.9. The number of halogens is 3. The molecule has 0 aliphatic carbocycles. The molecule has 0 spiro atoms. The fourth-order valence-corrected chi connectivity index (χ4v) is 3.90. The minimum atomic E-state index is -4.43. The number of aliphatic hydroxyl groups excluding tert-OH is 1. The van der Waals surface area contributed by atoms with Crippen LogP contribution in [0.2, 0.25) is 0 Å². The fraction of sp³-hybridized carbons (Fsp3) is 0.400. The number of aliphatic hydroxyl groups is 1. The Balaban J connectivity index is 1.89. The first kappa shape index (κ1) is 24.8. The van der Waals surface area contributed by atoms with Crippen LogP contribution in [0.25, 0.3) is 0 Å². The number of allylic oxidation sites excluding steroid dienone is 1. The quantitative estimate of drug-likeness (QED) is 0.562. The molecule has 2 aromatic carbocycles. The third-order valence-corrected chi connectivity index (χ3v) is 5.55. The van der Waals surface area contributed by atoms with Crippen molar-refractivity contribution >= 4 is 5.91 Å². The fourth-order valence-electron chi connectivity index (χ4n) is 3.90. The summed E-state index contributed by atoms with van der Waals surface area (Å²) in [5.74, 6) is -1.06. The Morgan fingerprint density at radius 2 is 1.82 bits per heavy atom. The number of alkyl halides is 3. The van der Waals surface area contributed by atoms with Gasteiger partial charge in [-0.1, -0.05) is 42.5 Å². The molecule has 3 rings (SSSR count). The Morgan fingerprint density at radius 1 is 1.12 bits per heavy atom. The molecule has 1 aliphatic heterocycles. The molecule has 0 fully saturated rings. The van der Waals surface area contributed by atoms with Gasteiger partial charge in [0, 0.05) is 31.6 Å². The molecular weight excluding hydrogens is 435 g/mol. The Bertz CT molecular complexity index is 929. The molecule has 3 atom stereocenters. The van der Waals surface area contributed by atoms with Gasteiger partial charge >= 0.3 is 6.18 Å². The zero-order valence-electron chi connectivity index (χ0n) is 18.3. The van der Waals surface area contributed by atoms with Crippen LogP contribution in [0, 0.1) is 5.92 Å². The molecule has 33 heavy (non-hydrogen) atoms. The molecular formula is C25H28F3NO4. The Labute approximate surface area is 191 Å². The van der Waals surface area contributed by atoms with Crippen LogP contribution in [0.4, 0.5) is 13.2 Å². The number of nitrogens with one attached hydrogen (secondary N) is 1. The maximum atomic E-state index is 13.0. The number of hydrogen-bond acceptors (Lipinski definition) is 4. The molecule has 5 nitrogen and oxygen atoms in total. The third kappa shape index (κ3) is 6.58. The highest BCUT2D eigenvalue weighted by molar-refractivity contribution is 5.91. The monoisotopic (exact) mass is 463 g/mol. The van der Waals surface area contributed by atoms with Crippen molar-refractivity contribution in [1.82, 2.24) is 5.32 Å². The highest BCUT2D eigenvalue weighted by Gasteiger charge is 2.38. The molecule has 1 heterocycles. The van der Waals surface area contributed by atoms with Gasteiger partial charge in [0.1, 0.15) is 0 Å². The average Bonchev–Trinajstić information content (AvgIpc) is 2.81. The zero-order chi connectivity index (χ0) is 23.8. The number of carbonyl (C=O) groups excluding carboxylic acids is 1. The highest BCUT2D eigenvalue weighted by atomic mass is 19.4. The summed E-state index contributed by atoms with van der Waals surface area (Å²) in [6, 6.07) is 14.3. The van der Waals surface area contributed by atoms with Crippen LogP contribution in [0.1, 0.15) is 42.4 Å². The van der Waals surface area contributed by atoms with E-state index in [-0.39, 0.29) is 18.3 Å². The van der Waals surface area contributed by atoms with E-state index in [1.165, 1.54) is 12.1 Å². The lowest BCUT2D eigenvalue weighted by Crippen LogP contribution is -2.39. The van der Waals surface area contributed by atoms with E-state index in [0.717, 1.165) is 17.7 Å². The standard InChI is InChI=1S/C25H28F3NO4/c1-2-32-24-20(9-6-14-30)21(18-10-12-19(13-11-18)25(26,27)28)15-22(33-24)23(31)29-16-17-7-4-3-5-8-17/h3-5,7-8,10-13,15,20-21,24,30H,2,6,9,14,16H2,1H3,(H,29,31)/t20-,21+,24+/m1/s1. The van der Waals surface area contributed by atoms with E-state index in [1.807, 2.05) is 30.3 Å². The molecule has 1 amide bonds. The van der Waals surface area contributed by atoms with E-state index in [4.69, 9.17) is 9.47 Å². The van der Waals surface area contributed by atoms with E-state index in [0.29, 0.717) is 31.6 Å². The Hall–Kier alpha value is -2.84. The van der Waals surface area contributed by atoms with Gasteiger partial charge < -0.3 is 19.9 Å². The number of carbonyl (C=O) groups is 1. The summed E-state index contributed by atoms with van der Waals surface area (Å²) in [6.45, 7) is 2.40. The first-order valence-corrected chi connectivity index (χ1v) is 10.9. The number of amides is 1. The van der Waals surface area contributed by atoms with Crippen LogP contribution in [0.5, 0.6) is 0 Å². The van der Waals surface area contributed by atoms with Crippen molar-refractivity contribution in [2.24, 2.45) is 5.92 Å². The summed E-state index contributed by atoms with van der Waals surface area (Å²) in [5, 5.41) is 12.1. The summed E-state index contributed by atoms with van der Waals surface area (Å²) >= 11 is 0. The predicted molar refractivity (Wildman–Crippen MR) is 117 cm³/mol. The van der Waals surface area contributed by atoms with Crippen LogP contribution >= 0.6 is 0 Å². The van der Waals surface area contributed by atoms with Gasteiger partial charge in [-0.15, -0.1) is 0 Å². The van der Waals surface area contributed by atoms with Crippen molar-refractivity contribution in [3.8, 4) is 0 Å². The van der Waals surface area contributed by atoms with Crippen molar-refractivity contribution in [2.75, 3.05) is 13.2 Å². The second-order valence-corrected chi connectivity index (χ2v) is 7.82. The summed E-state index contributed by atoms with van der Waals surface area (Å²) in [4.78, 5) is 12.9. The van der Waals surface area contributed by atoms with E-state index < -0.39 is 29.9 Å². The lowest BCUT2D eigenvalue weighted by molar-refractivity contribution is -0.166. The van der Waals surface area contributed by atoms with Crippen molar-refractivity contribution < 1.29 is 32.5 Å². The van der Waals surface area contributed by atoms with Gasteiger partial charge in [0.2, 0.25) is 6.29 Å². The van der Waals surface area contributed by atoms with Crippen LogP contribution in [-0.4, -0.2) is 30.5 Å². The van der Waals surface area contributed by atoms with Gasteiger partial charge in [0.25, 0.3) is 5.91 Å². The van der Waals surface area contributed by atoms with Crippen molar-refractivity contribution in [3.63, 3.8) is 0 Å². The minimum Gasteiger partial charge on any atom is -0.459 e. The lowest BCUT2D eigenvalue weighted by Gasteiger charge is -2.37. The number of rotatable bonds is 9. The summed E-state index contributed by atoms with van der Waals surface area (Å²) in [6.07, 6.45) is -2.58. The molecule has 0 bridgehead atoms. The van der Waals surface area contributed by atoms with E-state index in [1.54, 1.807) is 13.0 Å². The van der Waals surface area contributed by atoms with Gasteiger partial charge in [0.15, 0.2) is 5.76 Å². The largest absolute Gasteiger partial charge is 0.459 e. The number of benzene rings is 2. The van der Waals surface area contributed by atoms with Crippen LogP contribution in [0.3, 0.4) is 0 Å². The molecule has 2 aromatic rings. The van der Waals surface area contributed by atoms with Gasteiger partial charge in [0.05, 0.1) is 5.56 Å². The van der Waals surface area contributed by atoms with Gasteiger partial charge in [-0.05, 0) is 49.1 Å². The second kappa shape index (κ2) is 11.3. The SMILES string of the molecule is CCO[C@H]1OC(C(=O)NCc2ccccc2)=C[C@@H](c2ccc(C(F)(F)F)cc2)[C@H]1CCCO. The van der Waals surface area contributed by atoms with Crippen LogP contribution < -0.4 is 5.32 Å². The molecule has 2 N–H and O–H groups in total. The number of ether oxygens (including phenoxy) is 2. The van der Waals surface area contributed by atoms with E-state index in [2.05, 4.69) is 5.32 Å². The predicted octanol–water partition coefficient (Wildman–Crippen LogP) is 4.77. The molecule has 1 aliphatic rings. The molecule has 8 heteroatoms. The Kier molecular flexibility index (Phi) is 8.52. The van der Waals surface area contributed by atoms with Gasteiger partial charge in [-0.2, -0.15) is 13.2 Å². The van der Waals surface area contributed by atoms with Crippen molar-refractivity contribution in [1.29, 1.82) is 0 Å². The third-order valence-electron chi connectivity index (χ3n) is 5.55. The zero-order valence-corrected chi connectivity index (χ0v) is 18.3. The minimum absolute atomic E-state index is 0.0385. The van der Waals surface area contributed by atoms with E-state index in [9.17, 15) is 23.1 Å². The lowest BCUT2D eigenvalue weighted by atomic mass is 9.80. The van der Waals surface area contributed by atoms with Gasteiger partial charge in [-0.3, -0.25) is 4.79 Å². The summed E-state index contributed by atoms with van der Waals surface area (Å²) in [5.41, 5.74) is 0.799. The molecule has 0 saturated carbocycles. The van der Waals surface area contributed by atoms with Crippen LogP contribution in [-0.2, 0) is 27.0 Å². The maximum Gasteiger partial charge on any atom is 0.416 e. The van der Waals surface area contributed by atoms with E-state index >= 15 is 0 Å². The summed E-state index contributed by atoms with van der Waals surface area (Å²) in [7, 11) is 0. The number of hydrogen-bond donors (Lipinski definition) is 2. The van der Waals surface area contributed by atoms with Crippen LogP contribution in [0.15, 0.2) is 66.4 Å². The highest BCUT2D eigenvalue weighted by Crippen LogP contribution is 2.40. The smallest absolute Gasteiger partial charge is 0.416 e. The molecule has 0 aromatic heterocycles. The molecule has 0 unspecified atom stereocenters. The topological polar surface area (TPSA) is 67.8 Å². The van der Waals surface area contributed by atoms with Crippen molar-refractivity contribution in [3.05, 3.63) is 83.1 Å². The average molecular weight is 463 g/mol. The van der Waals surface area contributed by atoms with Gasteiger partial charge in [-0.25, -0.2) is 0 Å². The first-order chi connectivity index (χ1) is 15.8. The Morgan fingerprint density at radius 3 is 2.42 bits per heavy atom. The normalized spacial score (nSPS) is 20.6. The summed E-state index contributed by atoms with van der Waals surface area (Å²) < 4.78 is 50.7. The molecule has 0 saturated heterocycles. The van der Waals surface area contributed by atoms with Crippen molar-refractivity contribution in [2.45, 2.75) is 44.7 Å². The molecule has 178 valence electrons.